The minimum atomic E-state index is -4.76. The fourth-order valence-corrected chi connectivity index (χ4v) is 4.09. The maximum absolute atomic E-state index is 13.7. The highest BCUT2D eigenvalue weighted by atomic mass is 79.9. The number of pyridine rings is 1. The van der Waals surface area contributed by atoms with E-state index in [1.54, 1.807) is 54.6 Å². The second kappa shape index (κ2) is 10.7. The Kier molecular flexibility index (Phi) is 8.00. The van der Waals surface area contributed by atoms with Crippen LogP contribution in [0.15, 0.2) is 64.1 Å². The van der Waals surface area contributed by atoms with Gasteiger partial charge in [0.2, 0.25) is 5.91 Å². The van der Waals surface area contributed by atoms with Gasteiger partial charge in [-0.3, -0.25) is 4.79 Å². The summed E-state index contributed by atoms with van der Waals surface area (Å²) in [7, 11) is 0. The predicted molar refractivity (Wildman–Crippen MR) is 124 cm³/mol. The van der Waals surface area contributed by atoms with E-state index in [0.29, 0.717) is 23.6 Å². The number of nitriles is 1. The van der Waals surface area contributed by atoms with Crippen molar-refractivity contribution in [3.63, 3.8) is 0 Å². The van der Waals surface area contributed by atoms with Crippen molar-refractivity contribution in [2.24, 2.45) is 0 Å². The first-order chi connectivity index (χ1) is 15.7. The fraction of sp³-hybridized carbons (Fsp3) is 0.174. The normalized spacial score (nSPS) is 11.0. The van der Waals surface area contributed by atoms with Crippen molar-refractivity contribution < 1.29 is 22.7 Å². The number of halogens is 4. The van der Waals surface area contributed by atoms with Gasteiger partial charge in [0.1, 0.15) is 16.8 Å². The molecule has 0 saturated heterocycles. The summed E-state index contributed by atoms with van der Waals surface area (Å²) in [5.74, 6) is -0.0910. The molecule has 0 aliphatic heterocycles. The third-order valence-corrected chi connectivity index (χ3v) is 5.78. The van der Waals surface area contributed by atoms with Crippen LogP contribution < -0.4 is 10.1 Å². The summed E-state index contributed by atoms with van der Waals surface area (Å²) in [4.78, 5) is 16.6. The molecule has 0 fully saturated rings. The number of hydrogen-bond donors (Lipinski definition) is 1. The summed E-state index contributed by atoms with van der Waals surface area (Å²) in [6, 6.07) is 15.8. The largest absolute Gasteiger partial charge is 0.494 e. The highest BCUT2D eigenvalue weighted by molar-refractivity contribution is 9.10. The predicted octanol–water partition coefficient (Wildman–Crippen LogP) is 6.53. The number of thioether (sulfide) groups is 1. The van der Waals surface area contributed by atoms with E-state index in [1.165, 1.54) is 0 Å². The number of rotatable bonds is 7. The first-order valence-corrected chi connectivity index (χ1v) is 11.4. The first kappa shape index (κ1) is 24.6. The average molecular weight is 536 g/mol. The van der Waals surface area contributed by atoms with Crippen molar-refractivity contribution in [1.29, 1.82) is 5.26 Å². The van der Waals surface area contributed by atoms with Gasteiger partial charge in [-0.25, -0.2) is 4.98 Å². The molecular formula is C23H17BrF3N3O2S. The van der Waals surface area contributed by atoms with Gasteiger partial charge in [-0.15, -0.1) is 0 Å². The molecule has 3 aromatic rings. The van der Waals surface area contributed by atoms with E-state index < -0.39 is 23.2 Å². The third kappa shape index (κ3) is 6.49. The lowest BCUT2D eigenvalue weighted by molar-refractivity contribution is -0.138. The number of nitrogens with one attached hydrogen (secondary N) is 1. The third-order valence-electron chi connectivity index (χ3n) is 4.31. The maximum atomic E-state index is 13.7. The molecule has 5 nitrogen and oxygen atoms in total. The van der Waals surface area contributed by atoms with Gasteiger partial charge in [-0.2, -0.15) is 18.4 Å². The Morgan fingerprint density at radius 3 is 2.55 bits per heavy atom. The number of carbonyl (C=O) groups excluding carboxylic acids is 1. The molecule has 0 saturated carbocycles. The minimum Gasteiger partial charge on any atom is -0.494 e. The number of alkyl halides is 3. The summed E-state index contributed by atoms with van der Waals surface area (Å²) in [5.41, 5.74) is -0.716. The van der Waals surface area contributed by atoms with Gasteiger partial charge in [-0.1, -0.05) is 33.8 Å². The van der Waals surface area contributed by atoms with Crippen molar-refractivity contribution in [2.45, 2.75) is 18.1 Å². The maximum Gasteiger partial charge on any atom is 0.417 e. The van der Waals surface area contributed by atoms with Crippen LogP contribution in [0.3, 0.4) is 0 Å². The van der Waals surface area contributed by atoms with Crippen LogP contribution in [-0.4, -0.2) is 23.3 Å². The smallest absolute Gasteiger partial charge is 0.417 e. The van der Waals surface area contributed by atoms with Gasteiger partial charge < -0.3 is 10.1 Å². The van der Waals surface area contributed by atoms with Crippen LogP contribution in [0.5, 0.6) is 5.75 Å². The van der Waals surface area contributed by atoms with E-state index in [0.717, 1.165) is 22.3 Å². The van der Waals surface area contributed by atoms with Crippen LogP contribution in [0.2, 0.25) is 0 Å². The van der Waals surface area contributed by atoms with Gasteiger partial charge in [0.25, 0.3) is 0 Å². The number of ether oxygens (including phenoxy) is 1. The topological polar surface area (TPSA) is 75.0 Å². The molecule has 0 aliphatic rings. The second-order valence-electron chi connectivity index (χ2n) is 6.65. The summed E-state index contributed by atoms with van der Waals surface area (Å²) < 4.78 is 47.2. The van der Waals surface area contributed by atoms with Gasteiger partial charge in [0.15, 0.2) is 0 Å². The minimum absolute atomic E-state index is 0.0410. The second-order valence-corrected chi connectivity index (χ2v) is 8.53. The Morgan fingerprint density at radius 1 is 1.21 bits per heavy atom. The number of anilines is 1. The van der Waals surface area contributed by atoms with Gasteiger partial charge in [0.05, 0.1) is 29.2 Å². The summed E-state index contributed by atoms with van der Waals surface area (Å²) in [6.45, 7) is 2.28. The molecule has 0 atom stereocenters. The molecular weight excluding hydrogens is 519 g/mol. The summed E-state index contributed by atoms with van der Waals surface area (Å²) >= 11 is 4.07. The first-order valence-electron chi connectivity index (χ1n) is 9.65. The Bertz CT molecular complexity index is 1200. The van der Waals surface area contributed by atoms with E-state index in [9.17, 15) is 23.2 Å². The van der Waals surface area contributed by atoms with Crippen molar-refractivity contribution in [3.05, 3.63) is 70.2 Å². The molecule has 2 aromatic carbocycles. The molecule has 0 radical (unpaired) electrons. The molecule has 10 heteroatoms. The molecule has 0 bridgehead atoms. The Morgan fingerprint density at radius 2 is 1.94 bits per heavy atom. The fourth-order valence-electron chi connectivity index (χ4n) is 2.89. The molecule has 0 spiro atoms. The van der Waals surface area contributed by atoms with Crippen LogP contribution in [0.1, 0.15) is 18.1 Å². The lowest BCUT2D eigenvalue weighted by Gasteiger charge is -2.14. The van der Waals surface area contributed by atoms with Gasteiger partial charge in [-0.05, 0) is 55.5 Å². The highest BCUT2D eigenvalue weighted by Crippen LogP contribution is 2.38. The Balaban J connectivity index is 1.91. The van der Waals surface area contributed by atoms with E-state index in [2.05, 4.69) is 26.2 Å². The number of nitrogens with zero attached hydrogens (tertiary/aromatic N) is 2. The molecule has 1 heterocycles. The number of benzene rings is 2. The van der Waals surface area contributed by atoms with E-state index >= 15 is 0 Å². The SMILES string of the molecule is CCOc1ccc(-c2cc(C(F)(F)F)c(C#N)c(SCC(=O)Nc3cccc(Br)c3)n2)cc1. The zero-order valence-corrected chi connectivity index (χ0v) is 19.6. The van der Waals surface area contributed by atoms with Gasteiger partial charge in [0, 0.05) is 15.7 Å². The van der Waals surface area contributed by atoms with E-state index in [1.807, 2.05) is 6.92 Å². The molecule has 3 rings (SSSR count). The number of aromatic nitrogens is 1. The van der Waals surface area contributed by atoms with Gasteiger partial charge >= 0.3 is 6.18 Å². The average Bonchev–Trinajstić information content (AvgIpc) is 2.77. The molecule has 1 N–H and O–H groups in total. The molecule has 33 heavy (non-hydrogen) atoms. The number of carbonyl (C=O) groups is 1. The van der Waals surface area contributed by atoms with E-state index in [-0.39, 0.29) is 16.5 Å². The molecule has 1 amide bonds. The van der Waals surface area contributed by atoms with Crippen LogP contribution in [-0.2, 0) is 11.0 Å². The Hall–Kier alpha value is -3.03. The molecule has 0 aliphatic carbocycles. The molecule has 0 unspecified atom stereocenters. The van der Waals surface area contributed by atoms with Crippen molar-refractivity contribution in [1.82, 2.24) is 4.98 Å². The standard InChI is InChI=1S/C23H17BrF3N3O2S/c1-2-32-17-8-6-14(7-9-17)20-11-19(23(25,26)27)18(12-28)22(30-20)33-13-21(31)29-16-5-3-4-15(24)10-16/h3-11H,2,13H2,1H3,(H,29,31). The van der Waals surface area contributed by atoms with Crippen molar-refractivity contribution >= 4 is 39.3 Å². The summed E-state index contributed by atoms with van der Waals surface area (Å²) in [6.07, 6.45) is -4.76. The molecule has 1 aromatic heterocycles. The highest BCUT2D eigenvalue weighted by Gasteiger charge is 2.36. The number of hydrogen-bond acceptors (Lipinski definition) is 5. The van der Waals surface area contributed by atoms with E-state index in [4.69, 9.17) is 4.74 Å². The van der Waals surface area contributed by atoms with Crippen LogP contribution in [0, 0.1) is 11.3 Å². The lowest BCUT2D eigenvalue weighted by atomic mass is 10.1. The zero-order valence-electron chi connectivity index (χ0n) is 17.2. The van der Waals surface area contributed by atoms with Crippen molar-refractivity contribution in [2.75, 3.05) is 17.7 Å². The van der Waals surface area contributed by atoms with Crippen LogP contribution in [0.25, 0.3) is 11.3 Å². The van der Waals surface area contributed by atoms with Crippen molar-refractivity contribution in [3.8, 4) is 23.1 Å². The van der Waals surface area contributed by atoms with Crippen LogP contribution >= 0.6 is 27.7 Å². The zero-order chi connectivity index (χ0) is 24.0. The number of amides is 1. The van der Waals surface area contributed by atoms with Crippen LogP contribution in [0.4, 0.5) is 18.9 Å². The quantitative estimate of drug-likeness (QED) is 0.348. The molecule has 170 valence electrons. The Labute approximate surface area is 201 Å². The monoisotopic (exact) mass is 535 g/mol. The summed E-state index contributed by atoms with van der Waals surface area (Å²) in [5, 5.41) is 11.9. The lowest BCUT2D eigenvalue weighted by Crippen LogP contribution is -2.15.